The molecule has 2 rings (SSSR count). The summed E-state index contributed by atoms with van der Waals surface area (Å²) in [7, 11) is 0. The molecule has 0 spiro atoms. The quantitative estimate of drug-likeness (QED) is 0.599. The highest BCUT2D eigenvalue weighted by Gasteiger charge is 2.37. The van der Waals surface area contributed by atoms with Crippen molar-refractivity contribution in [2.45, 2.75) is 52.1 Å². The fourth-order valence-electron chi connectivity index (χ4n) is 3.45. The van der Waals surface area contributed by atoms with Crippen molar-refractivity contribution in [3.63, 3.8) is 0 Å². The van der Waals surface area contributed by atoms with Gasteiger partial charge >= 0.3 is 5.97 Å². The van der Waals surface area contributed by atoms with Crippen LogP contribution in [0.5, 0.6) is 0 Å². The number of hydrogen-bond donors (Lipinski definition) is 1. The zero-order valence-electron chi connectivity index (χ0n) is 17.8. The van der Waals surface area contributed by atoms with Gasteiger partial charge in [0, 0.05) is 31.6 Å². The van der Waals surface area contributed by atoms with Gasteiger partial charge in [0.15, 0.2) is 5.12 Å². The molecule has 1 aromatic carbocycles. The number of benzene rings is 1. The molecule has 1 fully saturated rings. The molecule has 1 heterocycles. The third-order valence-corrected chi connectivity index (χ3v) is 6.04. The van der Waals surface area contributed by atoms with Crippen molar-refractivity contribution in [1.29, 1.82) is 0 Å². The number of amides is 2. The summed E-state index contributed by atoms with van der Waals surface area (Å²) in [4.78, 5) is 51.0. The Hall–Kier alpha value is -2.35. The van der Waals surface area contributed by atoms with Crippen LogP contribution < -0.4 is 5.32 Å². The maximum atomic E-state index is 13.0. The van der Waals surface area contributed by atoms with Crippen LogP contribution in [0.4, 0.5) is 0 Å². The largest absolute Gasteiger partial charge is 0.464 e. The van der Waals surface area contributed by atoms with Gasteiger partial charge in [0.05, 0.1) is 6.61 Å². The van der Waals surface area contributed by atoms with Gasteiger partial charge in [0.25, 0.3) is 0 Å². The number of nitrogens with zero attached hydrogens (tertiary/aromatic N) is 1. The Kier molecular flexibility index (Phi) is 9.36. The average molecular weight is 435 g/mol. The molecule has 30 heavy (non-hydrogen) atoms. The van der Waals surface area contributed by atoms with Crippen LogP contribution in [-0.2, 0) is 30.3 Å². The fraction of sp³-hybridized carbons (Fsp3) is 0.545. The normalized spacial score (nSPS) is 17.8. The van der Waals surface area contributed by atoms with E-state index in [0.29, 0.717) is 25.1 Å². The van der Waals surface area contributed by atoms with Gasteiger partial charge in [-0.1, -0.05) is 49.0 Å². The van der Waals surface area contributed by atoms with Crippen LogP contribution in [0.1, 0.15) is 39.2 Å². The van der Waals surface area contributed by atoms with E-state index < -0.39 is 18.1 Å². The van der Waals surface area contributed by atoms with Crippen molar-refractivity contribution in [2.24, 2.45) is 5.92 Å². The minimum Gasteiger partial charge on any atom is -0.464 e. The van der Waals surface area contributed by atoms with Crippen LogP contribution in [0.25, 0.3) is 0 Å². The first-order chi connectivity index (χ1) is 14.3. The molecular formula is C22H30N2O5S. The lowest BCUT2D eigenvalue weighted by Crippen LogP contribution is -2.52. The van der Waals surface area contributed by atoms with E-state index in [-0.39, 0.29) is 29.5 Å². The first kappa shape index (κ1) is 23.9. The number of nitrogens with one attached hydrogen (secondary N) is 1. The van der Waals surface area contributed by atoms with E-state index in [0.717, 1.165) is 23.7 Å². The second kappa shape index (κ2) is 11.7. The second-order valence-electron chi connectivity index (χ2n) is 7.40. The Labute approximate surface area is 181 Å². The maximum absolute atomic E-state index is 13.0. The molecule has 2 amide bonds. The van der Waals surface area contributed by atoms with E-state index in [2.05, 4.69) is 5.32 Å². The van der Waals surface area contributed by atoms with E-state index in [9.17, 15) is 19.2 Å². The molecule has 0 aromatic heterocycles. The number of thioether (sulfide) groups is 1. The Morgan fingerprint density at radius 1 is 1.23 bits per heavy atom. The molecule has 164 valence electrons. The third kappa shape index (κ3) is 6.86. The van der Waals surface area contributed by atoms with E-state index in [1.54, 1.807) is 18.7 Å². The molecule has 3 atom stereocenters. The Balaban J connectivity index is 2.06. The number of hydrogen-bond acceptors (Lipinski definition) is 6. The van der Waals surface area contributed by atoms with Crippen LogP contribution in [0.3, 0.4) is 0 Å². The molecule has 1 aliphatic heterocycles. The lowest BCUT2D eigenvalue weighted by molar-refractivity contribution is -0.148. The molecule has 1 N–H and O–H groups in total. The monoisotopic (exact) mass is 434 g/mol. The predicted octanol–water partition coefficient (Wildman–Crippen LogP) is 2.18. The fourth-order valence-corrected chi connectivity index (χ4v) is 4.08. The molecule has 3 unspecified atom stereocenters. The number of carbonyl (C=O) groups is 4. The number of likely N-dealkylation sites (tertiary alicyclic amines) is 1. The van der Waals surface area contributed by atoms with Gasteiger partial charge in [0.1, 0.15) is 12.1 Å². The molecule has 1 aromatic rings. The van der Waals surface area contributed by atoms with Crippen molar-refractivity contribution in [3.8, 4) is 0 Å². The van der Waals surface area contributed by atoms with Crippen LogP contribution in [0, 0.1) is 5.92 Å². The Morgan fingerprint density at radius 3 is 2.57 bits per heavy atom. The van der Waals surface area contributed by atoms with Gasteiger partial charge in [-0.25, -0.2) is 4.79 Å². The summed E-state index contributed by atoms with van der Waals surface area (Å²) >= 11 is 1.11. The van der Waals surface area contributed by atoms with E-state index in [1.807, 2.05) is 30.3 Å². The summed E-state index contributed by atoms with van der Waals surface area (Å²) in [5, 5.41) is 2.76. The zero-order valence-corrected chi connectivity index (χ0v) is 18.6. The maximum Gasteiger partial charge on any atom is 0.328 e. The van der Waals surface area contributed by atoms with Gasteiger partial charge in [-0.15, -0.1) is 0 Å². The summed E-state index contributed by atoms with van der Waals surface area (Å²) in [6, 6.07) is 7.97. The summed E-state index contributed by atoms with van der Waals surface area (Å²) in [6.45, 7) is 5.67. The van der Waals surface area contributed by atoms with Gasteiger partial charge in [0.2, 0.25) is 11.8 Å². The first-order valence-electron chi connectivity index (χ1n) is 10.3. The van der Waals surface area contributed by atoms with Gasteiger partial charge < -0.3 is 15.0 Å². The minimum atomic E-state index is -0.817. The SMILES string of the molecule is CCOC(=O)C(Cc1ccccc1)NC(=O)C1CCCN1C(=O)C(C)CSC(C)=O. The molecule has 0 radical (unpaired) electrons. The summed E-state index contributed by atoms with van der Waals surface area (Å²) in [5.41, 5.74) is 0.907. The lowest BCUT2D eigenvalue weighted by Gasteiger charge is -2.28. The molecule has 8 heteroatoms. The molecular weight excluding hydrogens is 404 g/mol. The second-order valence-corrected chi connectivity index (χ2v) is 8.59. The van der Waals surface area contributed by atoms with Crippen molar-refractivity contribution in [2.75, 3.05) is 18.9 Å². The van der Waals surface area contributed by atoms with Gasteiger partial charge in [-0.2, -0.15) is 0 Å². The molecule has 1 aliphatic rings. The third-order valence-electron chi connectivity index (χ3n) is 4.97. The first-order valence-corrected chi connectivity index (χ1v) is 11.3. The minimum absolute atomic E-state index is 0.0384. The number of esters is 1. The highest BCUT2D eigenvalue weighted by Crippen LogP contribution is 2.22. The van der Waals surface area contributed by atoms with E-state index in [1.165, 1.54) is 6.92 Å². The Bertz CT molecular complexity index is 755. The summed E-state index contributed by atoms with van der Waals surface area (Å²) in [6.07, 6.45) is 1.59. The lowest BCUT2D eigenvalue weighted by atomic mass is 10.0. The Morgan fingerprint density at radius 2 is 1.93 bits per heavy atom. The van der Waals surface area contributed by atoms with Crippen LogP contribution in [-0.4, -0.2) is 58.8 Å². The predicted molar refractivity (Wildman–Crippen MR) is 116 cm³/mol. The van der Waals surface area contributed by atoms with Gasteiger partial charge in [-0.05, 0) is 25.3 Å². The summed E-state index contributed by atoms with van der Waals surface area (Å²) in [5.74, 6) is -0.953. The molecule has 0 bridgehead atoms. The molecule has 1 saturated heterocycles. The molecule has 0 aliphatic carbocycles. The topological polar surface area (TPSA) is 92.8 Å². The number of rotatable bonds is 9. The van der Waals surface area contributed by atoms with Crippen LogP contribution in [0.2, 0.25) is 0 Å². The number of carbonyl (C=O) groups excluding carboxylic acids is 4. The van der Waals surface area contributed by atoms with Gasteiger partial charge in [-0.3, -0.25) is 14.4 Å². The van der Waals surface area contributed by atoms with Crippen molar-refractivity contribution >= 4 is 34.7 Å². The van der Waals surface area contributed by atoms with Crippen molar-refractivity contribution < 1.29 is 23.9 Å². The van der Waals surface area contributed by atoms with Crippen molar-refractivity contribution in [1.82, 2.24) is 10.2 Å². The smallest absolute Gasteiger partial charge is 0.328 e. The number of ether oxygens (including phenoxy) is 1. The highest BCUT2D eigenvalue weighted by atomic mass is 32.2. The van der Waals surface area contributed by atoms with Crippen LogP contribution in [0.15, 0.2) is 30.3 Å². The van der Waals surface area contributed by atoms with Crippen LogP contribution >= 0.6 is 11.8 Å². The zero-order chi connectivity index (χ0) is 22.1. The molecule has 7 nitrogen and oxygen atoms in total. The molecule has 0 saturated carbocycles. The average Bonchev–Trinajstić information content (AvgIpc) is 3.21. The summed E-state index contributed by atoms with van der Waals surface area (Å²) < 4.78 is 5.14. The van der Waals surface area contributed by atoms with Crippen molar-refractivity contribution in [3.05, 3.63) is 35.9 Å². The van der Waals surface area contributed by atoms with E-state index in [4.69, 9.17) is 4.74 Å². The highest BCUT2D eigenvalue weighted by molar-refractivity contribution is 8.13. The van der Waals surface area contributed by atoms with E-state index >= 15 is 0 Å². The standard InChI is InChI=1S/C22H30N2O5S/c1-4-29-22(28)18(13-17-9-6-5-7-10-17)23-20(26)19-11-8-12-24(19)21(27)15(2)14-30-16(3)25/h5-7,9-10,15,18-19H,4,8,11-14H2,1-3H3,(H,23,26).